The van der Waals surface area contributed by atoms with Crippen LogP contribution in [0.25, 0.3) is 10.9 Å². The summed E-state index contributed by atoms with van der Waals surface area (Å²) >= 11 is 1.91. The number of rotatable bonds is 3. The molecule has 2 aliphatic heterocycles. The summed E-state index contributed by atoms with van der Waals surface area (Å²) in [5.41, 5.74) is 1.38. The standard InChI is InChI=1S/C21H19N3O2S/c25-20(18-9-8-15-5-1-2-6-17(15)23-18)24-13-21(14-24)11-16(12-27-21)26-19-7-3-4-10-22-19/h1-10,16H,11-14H2. The minimum absolute atomic E-state index is 0.0149. The molecule has 3 aromatic rings. The summed E-state index contributed by atoms with van der Waals surface area (Å²) in [5, 5.41) is 1.05. The Morgan fingerprint density at radius 1 is 1.11 bits per heavy atom. The van der Waals surface area contributed by atoms with E-state index in [9.17, 15) is 4.79 Å². The quantitative estimate of drug-likeness (QED) is 0.700. The third kappa shape index (κ3) is 3.14. The highest BCUT2D eigenvalue weighted by atomic mass is 32.2. The van der Waals surface area contributed by atoms with Gasteiger partial charge >= 0.3 is 0 Å². The number of ether oxygens (including phenoxy) is 1. The van der Waals surface area contributed by atoms with Crippen molar-refractivity contribution in [3.8, 4) is 5.88 Å². The molecule has 2 aromatic heterocycles. The van der Waals surface area contributed by atoms with Crippen molar-refractivity contribution in [2.45, 2.75) is 17.3 Å². The molecule has 2 saturated heterocycles. The second-order valence-corrected chi connectivity index (χ2v) is 8.64. The van der Waals surface area contributed by atoms with Crippen LogP contribution in [0.1, 0.15) is 16.9 Å². The van der Waals surface area contributed by atoms with Gasteiger partial charge in [0.15, 0.2) is 0 Å². The van der Waals surface area contributed by atoms with E-state index < -0.39 is 0 Å². The van der Waals surface area contributed by atoms with Crippen molar-refractivity contribution in [3.63, 3.8) is 0 Å². The third-order valence-electron chi connectivity index (χ3n) is 5.16. The Kier molecular flexibility index (Phi) is 4.01. The predicted molar refractivity (Wildman–Crippen MR) is 106 cm³/mol. The van der Waals surface area contributed by atoms with Gasteiger partial charge in [-0.3, -0.25) is 4.79 Å². The number of amides is 1. The van der Waals surface area contributed by atoms with E-state index in [1.165, 1.54) is 0 Å². The summed E-state index contributed by atoms with van der Waals surface area (Å²) < 4.78 is 6.10. The maximum atomic E-state index is 12.8. The van der Waals surface area contributed by atoms with Crippen LogP contribution in [0.2, 0.25) is 0 Å². The fourth-order valence-corrected chi connectivity index (χ4v) is 5.35. The van der Waals surface area contributed by atoms with Crippen LogP contribution in [0.15, 0.2) is 60.8 Å². The van der Waals surface area contributed by atoms with Gasteiger partial charge in [0.1, 0.15) is 11.8 Å². The Morgan fingerprint density at radius 2 is 1.96 bits per heavy atom. The number of hydrogen-bond donors (Lipinski definition) is 0. The van der Waals surface area contributed by atoms with E-state index in [1.807, 2.05) is 71.3 Å². The average molecular weight is 377 g/mol. The highest BCUT2D eigenvalue weighted by Gasteiger charge is 2.51. The lowest BCUT2D eigenvalue weighted by Gasteiger charge is -2.47. The fraction of sp³-hybridized carbons (Fsp3) is 0.286. The SMILES string of the molecule is O=C(c1ccc2ccccc2n1)N1CC2(CC(Oc3ccccn3)CS2)C1. The van der Waals surface area contributed by atoms with E-state index in [0.717, 1.165) is 36.2 Å². The number of likely N-dealkylation sites (tertiary alicyclic amines) is 1. The number of pyridine rings is 2. The number of nitrogens with zero attached hydrogens (tertiary/aromatic N) is 3. The van der Waals surface area contributed by atoms with Gasteiger partial charge in [-0.05, 0) is 18.2 Å². The first-order valence-electron chi connectivity index (χ1n) is 9.08. The molecule has 1 aromatic carbocycles. The smallest absolute Gasteiger partial charge is 0.272 e. The highest BCUT2D eigenvalue weighted by Crippen LogP contribution is 2.46. The molecule has 0 bridgehead atoms. The largest absolute Gasteiger partial charge is 0.473 e. The molecule has 5 rings (SSSR count). The topological polar surface area (TPSA) is 55.3 Å². The number of carbonyl (C=O) groups is 1. The molecule has 1 amide bonds. The van der Waals surface area contributed by atoms with Gasteiger partial charge < -0.3 is 9.64 Å². The minimum Gasteiger partial charge on any atom is -0.473 e. The van der Waals surface area contributed by atoms with E-state index in [4.69, 9.17) is 4.74 Å². The summed E-state index contributed by atoms with van der Waals surface area (Å²) in [7, 11) is 0. The third-order valence-corrected chi connectivity index (χ3v) is 6.74. The zero-order valence-electron chi connectivity index (χ0n) is 14.7. The number of carbonyl (C=O) groups excluding carboxylic acids is 1. The second-order valence-electron chi connectivity index (χ2n) is 7.16. The van der Waals surface area contributed by atoms with Crippen molar-refractivity contribution < 1.29 is 9.53 Å². The molecule has 1 atom stereocenters. The molecule has 2 fully saturated rings. The molecular formula is C21H19N3O2S. The number of thioether (sulfide) groups is 1. The average Bonchev–Trinajstić information content (AvgIpc) is 3.11. The molecule has 1 unspecified atom stereocenters. The first-order chi connectivity index (χ1) is 13.2. The molecule has 2 aliphatic rings. The number of para-hydroxylation sites is 1. The molecule has 5 nitrogen and oxygen atoms in total. The van der Waals surface area contributed by atoms with Gasteiger partial charge in [0.25, 0.3) is 5.91 Å². The molecule has 0 aliphatic carbocycles. The lowest BCUT2D eigenvalue weighted by molar-refractivity contribution is 0.0510. The minimum atomic E-state index is 0.0149. The molecular weight excluding hydrogens is 358 g/mol. The van der Waals surface area contributed by atoms with Gasteiger partial charge in [-0.15, -0.1) is 11.8 Å². The van der Waals surface area contributed by atoms with Gasteiger partial charge in [0.2, 0.25) is 5.88 Å². The highest BCUT2D eigenvalue weighted by molar-refractivity contribution is 8.01. The van der Waals surface area contributed by atoms with Crippen molar-refractivity contribution in [3.05, 3.63) is 66.5 Å². The second kappa shape index (κ2) is 6.53. The van der Waals surface area contributed by atoms with Crippen LogP contribution in [0.5, 0.6) is 5.88 Å². The molecule has 0 saturated carbocycles. The van der Waals surface area contributed by atoms with Gasteiger partial charge in [-0.1, -0.05) is 30.3 Å². The van der Waals surface area contributed by atoms with Crippen LogP contribution < -0.4 is 4.74 Å². The van der Waals surface area contributed by atoms with Crippen molar-refractivity contribution >= 4 is 28.6 Å². The maximum Gasteiger partial charge on any atom is 0.272 e. The fourth-order valence-electron chi connectivity index (χ4n) is 3.83. The molecule has 1 spiro atoms. The number of hydrogen-bond acceptors (Lipinski definition) is 5. The molecule has 0 N–H and O–H groups in total. The summed E-state index contributed by atoms with van der Waals surface area (Å²) in [6.45, 7) is 1.51. The number of benzene rings is 1. The number of aromatic nitrogens is 2. The van der Waals surface area contributed by atoms with E-state index in [0.29, 0.717) is 11.6 Å². The van der Waals surface area contributed by atoms with Crippen LogP contribution >= 0.6 is 11.8 Å². The lowest BCUT2D eigenvalue weighted by Crippen LogP contribution is -2.61. The van der Waals surface area contributed by atoms with Crippen molar-refractivity contribution in [2.24, 2.45) is 0 Å². The Labute approximate surface area is 161 Å². The zero-order valence-corrected chi connectivity index (χ0v) is 15.6. The van der Waals surface area contributed by atoms with Crippen molar-refractivity contribution in [1.82, 2.24) is 14.9 Å². The Hall–Kier alpha value is -2.60. The van der Waals surface area contributed by atoms with Crippen LogP contribution in [0.3, 0.4) is 0 Å². The van der Waals surface area contributed by atoms with Crippen LogP contribution in [0, 0.1) is 0 Å². The van der Waals surface area contributed by atoms with E-state index >= 15 is 0 Å². The van der Waals surface area contributed by atoms with E-state index in [1.54, 1.807) is 6.20 Å². The first kappa shape index (κ1) is 16.6. The Morgan fingerprint density at radius 3 is 2.81 bits per heavy atom. The molecule has 4 heterocycles. The van der Waals surface area contributed by atoms with E-state index in [2.05, 4.69) is 9.97 Å². The van der Waals surface area contributed by atoms with Crippen molar-refractivity contribution in [2.75, 3.05) is 18.8 Å². The molecule has 0 radical (unpaired) electrons. The summed E-state index contributed by atoms with van der Waals surface area (Å²) in [4.78, 5) is 23.5. The van der Waals surface area contributed by atoms with Gasteiger partial charge in [0.05, 0.1) is 10.3 Å². The first-order valence-corrected chi connectivity index (χ1v) is 10.1. The van der Waals surface area contributed by atoms with Gasteiger partial charge in [0, 0.05) is 42.9 Å². The molecule has 27 heavy (non-hydrogen) atoms. The normalized spacial score (nSPS) is 20.6. The van der Waals surface area contributed by atoms with Gasteiger partial charge in [-0.25, -0.2) is 9.97 Å². The lowest BCUT2D eigenvalue weighted by atomic mass is 9.92. The monoisotopic (exact) mass is 377 g/mol. The maximum absolute atomic E-state index is 12.8. The Balaban J connectivity index is 1.23. The predicted octanol–water partition coefficient (Wildman–Crippen LogP) is 3.41. The summed E-state index contributed by atoms with van der Waals surface area (Å²) in [6.07, 6.45) is 2.84. The summed E-state index contributed by atoms with van der Waals surface area (Å²) in [5.74, 6) is 1.63. The molecule has 6 heteroatoms. The van der Waals surface area contributed by atoms with Crippen LogP contribution in [-0.4, -0.2) is 50.5 Å². The summed E-state index contributed by atoms with van der Waals surface area (Å²) in [6, 6.07) is 17.4. The van der Waals surface area contributed by atoms with Crippen LogP contribution in [0.4, 0.5) is 0 Å². The van der Waals surface area contributed by atoms with Gasteiger partial charge in [-0.2, -0.15) is 0 Å². The molecule has 136 valence electrons. The van der Waals surface area contributed by atoms with Crippen LogP contribution in [-0.2, 0) is 0 Å². The van der Waals surface area contributed by atoms with Crippen molar-refractivity contribution in [1.29, 1.82) is 0 Å². The Bertz CT molecular complexity index is 989. The number of fused-ring (bicyclic) bond motifs is 1. The van der Waals surface area contributed by atoms with E-state index in [-0.39, 0.29) is 16.8 Å². The zero-order chi connectivity index (χ0) is 18.3.